The standard InChI is InChI=1S/C21H25N3O/c1-4-24(17(2)3)20-12-10-19(11-13-20)21(25)23(15-14-22)16-18-8-6-5-7-9-18/h5-13,17H,4,15-16H2,1-3H3. The Balaban J connectivity index is 2.17. The molecular weight excluding hydrogens is 310 g/mol. The van der Waals surface area contributed by atoms with E-state index in [-0.39, 0.29) is 12.5 Å². The summed E-state index contributed by atoms with van der Waals surface area (Å²) >= 11 is 0. The smallest absolute Gasteiger partial charge is 0.255 e. The molecule has 0 bridgehead atoms. The Labute approximate surface area is 150 Å². The predicted molar refractivity (Wildman–Crippen MR) is 101 cm³/mol. The zero-order valence-corrected chi connectivity index (χ0v) is 15.1. The molecular formula is C21H25N3O. The van der Waals surface area contributed by atoms with Crippen molar-refractivity contribution in [2.75, 3.05) is 18.0 Å². The highest BCUT2D eigenvalue weighted by atomic mass is 16.2. The van der Waals surface area contributed by atoms with Crippen molar-refractivity contribution in [2.24, 2.45) is 0 Å². The van der Waals surface area contributed by atoms with Gasteiger partial charge in [-0.1, -0.05) is 30.3 Å². The number of hydrogen-bond acceptors (Lipinski definition) is 3. The van der Waals surface area contributed by atoms with E-state index in [0.29, 0.717) is 18.2 Å². The SMILES string of the molecule is CCN(c1ccc(C(=O)N(CC#N)Cc2ccccc2)cc1)C(C)C. The lowest BCUT2D eigenvalue weighted by Gasteiger charge is -2.27. The van der Waals surface area contributed by atoms with E-state index in [2.05, 4.69) is 31.7 Å². The third-order valence-electron chi connectivity index (χ3n) is 4.17. The van der Waals surface area contributed by atoms with Crippen LogP contribution in [0.5, 0.6) is 0 Å². The van der Waals surface area contributed by atoms with E-state index in [1.165, 1.54) is 0 Å². The summed E-state index contributed by atoms with van der Waals surface area (Å²) in [6.07, 6.45) is 0. The number of hydrogen-bond donors (Lipinski definition) is 0. The van der Waals surface area contributed by atoms with Gasteiger partial charge in [-0.05, 0) is 50.6 Å². The number of carbonyl (C=O) groups is 1. The molecule has 0 aliphatic carbocycles. The molecule has 0 aliphatic heterocycles. The maximum atomic E-state index is 12.8. The molecule has 0 spiro atoms. The largest absolute Gasteiger partial charge is 0.369 e. The third-order valence-corrected chi connectivity index (χ3v) is 4.17. The van der Waals surface area contributed by atoms with E-state index >= 15 is 0 Å². The van der Waals surface area contributed by atoms with Gasteiger partial charge in [0.1, 0.15) is 6.54 Å². The lowest BCUT2D eigenvalue weighted by atomic mass is 10.1. The Morgan fingerprint density at radius 3 is 2.24 bits per heavy atom. The maximum Gasteiger partial charge on any atom is 0.255 e. The normalized spacial score (nSPS) is 10.4. The van der Waals surface area contributed by atoms with Crippen LogP contribution in [0.15, 0.2) is 54.6 Å². The van der Waals surface area contributed by atoms with Gasteiger partial charge in [-0.2, -0.15) is 5.26 Å². The zero-order chi connectivity index (χ0) is 18.2. The van der Waals surface area contributed by atoms with Crippen LogP contribution in [0.4, 0.5) is 5.69 Å². The van der Waals surface area contributed by atoms with Crippen molar-refractivity contribution in [3.05, 3.63) is 65.7 Å². The molecule has 2 aromatic carbocycles. The van der Waals surface area contributed by atoms with Crippen molar-refractivity contribution < 1.29 is 4.79 Å². The topological polar surface area (TPSA) is 47.3 Å². The molecule has 0 unspecified atom stereocenters. The summed E-state index contributed by atoms with van der Waals surface area (Å²) in [6.45, 7) is 7.84. The number of nitrogens with zero attached hydrogens (tertiary/aromatic N) is 3. The Morgan fingerprint density at radius 1 is 1.08 bits per heavy atom. The van der Waals surface area contributed by atoms with Crippen LogP contribution in [0.2, 0.25) is 0 Å². The van der Waals surface area contributed by atoms with Crippen molar-refractivity contribution in [3.8, 4) is 6.07 Å². The highest BCUT2D eigenvalue weighted by Gasteiger charge is 2.17. The predicted octanol–water partition coefficient (Wildman–Crippen LogP) is 4.09. The van der Waals surface area contributed by atoms with Crippen molar-refractivity contribution in [3.63, 3.8) is 0 Å². The molecule has 130 valence electrons. The number of amides is 1. The fraction of sp³-hybridized carbons (Fsp3) is 0.333. The minimum Gasteiger partial charge on any atom is -0.369 e. The first-order valence-electron chi connectivity index (χ1n) is 8.63. The Kier molecular flexibility index (Phi) is 6.59. The molecule has 4 nitrogen and oxygen atoms in total. The van der Waals surface area contributed by atoms with Crippen molar-refractivity contribution in [2.45, 2.75) is 33.4 Å². The van der Waals surface area contributed by atoms with Crippen LogP contribution in [-0.2, 0) is 6.54 Å². The van der Waals surface area contributed by atoms with E-state index < -0.39 is 0 Å². The Bertz CT molecular complexity index is 717. The number of rotatable bonds is 7. The van der Waals surface area contributed by atoms with Gasteiger partial charge in [0, 0.05) is 30.4 Å². The van der Waals surface area contributed by atoms with Gasteiger partial charge in [-0.15, -0.1) is 0 Å². The van der Waals surface area contributed by atoms with E-state index in [1.807, 2.05) is 54.6 Å². The van der Waals surface area contributed by atoms with Gasteiger partial charge in [0.25, 0.3) is 5.91 Å². The van der Waals surface area contributed by atoms with E-state index in [0.717, 1.165) is 17.8 Å². The highest BCUT2D eigenvalue weighted by molar-refractivity contribution is 5.94. The third kappa shape index (κ3) is 4.84. The maximum absolute atomic E-state index is 12.8. The number of benzene rings is 2. The van der Waals surface area contributed by atoms with Gasteiger partial charge in [0.15, 0.2) is 0 Å². The molecule has 0 N–H and O–H groups in total. The number of carbonyl (C=O) groups excluding carboxylic acids is 1. The summed E-state index contributed by atoms with van der Waals surface area (Å²) in [5.41, 5.74) is 2.72. The summed E-state index contributed by atoms with van der Waals surface area (Å²) in [5, 5.41) is 9.07. The first kappa shape index (κ1) is 18.5. The average molecular weight is 335 g/mol. The molecule has 0 saturated heterocycles. The molecule has 25 heavy (non-hydrogen) atoms. The number of nitriles is 1. The lowest BCUT2D eigenvalue weighted by Crippen LogP contribution is -2.32. The minimum atomic E-state index is -0.121. The summed E-state index contributed by atoms with van der Waals surface area (Å²) in [7, 11) is 0. The quantitative estimate of drug-likeness (QED) is 0.716. The fourth-order valence-corrected chi connectivity index (χ4v) is 2.91. The molecule has 0 aromatic heterocycles. The molecule has 0 heterocycles. The second kappa shape index (κ2) is 8.89. The molecule has 2 rings (SSSR count). The second-order valence-corrected chi connectivity index (χ2v) is 6.23. The lowest BCUT2D eigenvalue weighted by molar-refractivity contribution is 0.0765. The second-order valence-electron chi connectivity index (χ2n) is 6.23. The number of anilines is 1. The Morgan fingerprint density at radius 2 is 1.72 bits per heavy atom. The molecule has 0 atom stereocenters. The van der Waals surface area contributed by atoms with Gasteiger partial charge >= 0.3 is 0 Å². The van der Waals surface area contributed by atoms with Crippen molar-refractivity contribution >= 4 is 11.6 Å². The van der Waals surface area contributed by atoms with Crippen LogP contribution in [-0.4, -0.2) is 29.9 Å². The summed E-state index contributed by atoms with van der Waals surface area (Å²) in [5.74, 6) is -0.121. The van der Waals surface area contributed by atoms with Crippen molar-refractivity contribution in [1.29, 1.82) is 5.26 Å². The molecule has 0 aliphatic rings. The van der Waals surface area contributed by atoms with Crippen LogP contribution in [0.3, 0.4) is 0 Å². The van der Waals surface area contributed by atoms with E-state index in [9.17, 15) is 4.79 Å². The summed E-state index contributed by atoms with van der Waals surface area (Å²) in [4.78, 5) is 16.6. The fourth-order valence-electron chi connectivity index (χ4n) is 2.91. The van der Waals surface area contributed by atoms with Crippen LogP contribution in [0.1, 0.15) is 36.7 Å². The highest BCUT2D eigenvalue weighted by Crippen LogP contribution is 2.19. The zero-order valence-electron chi connectivity index (χ0n) is 15.1. The van der Waals surface area contributed by atoms with Gasteiger partial charge in [0.05, 0.1) is 6.07 Å². The van der Waals surface area contributed by atoms with Crippen LogP contribution < -0.4 is 4.90 Å². The molecule has 1 amide bonds. The van der Waals surface area contributed by atoms with Gasteiger partial charge in [-0.25, -0.2) is 0 Å². The molecule has 0 radical (unpaired) electrons. The van der Waals surface area contributed by atoms with Crippen molar-refractivity contribution in [1.82, 2.24) is 4.90 Å². The van der Waals surface area contributed by atoms with Gasteiger partial charge < -0.3 is 9.80 Å². The van der Waals surface area contributed by atoms with Crippen LogP contribution >= 0.6 is 0 Å². The van der Waals surface area contributed by atoms with Crippen LogP contribution in [0.25, 0.3) is 0 Å². The van der Waals surface area contributed by atoms with Gasteiger partial charge in [0.2, 0.25) is 0 Å². The Hall–Kier alpha value is -2.80. The molecule has 0 saturated carbocycles. The first-order chi connectivity index (χ1) is 12.1. The van der Waals surface area contributed by atoms with Gasteiger partial charge in [-0.3, -0.25) is 4.79 Å². The summed E-state index contributed by atoms with van der Waals surface area (Å²) < 4.78 is 0. The molecule has 2 aromatic rings. The molecule has 0 fully saturated rings. The first-order valence-corrected chi connectivity index (χ1v) is 8.63. The van der Waals surface area contributed by atoms with E-state index in [4.69, 9.17) is 5.26 Å². The average Bonchev–Trinajstić information content (AvgIpc) is 2.62. The molecule has 4 heteroatoms. The minimum absolute atomic E-state index is 0.0720. The van der Waals surface area contributed by atoms with Crippen LogP contribution in [0, 0.1) is 11.3 Å². The van der Waals surface area contributed by atoms with E-state index in [1.54, 1.807) is 4.90 Å². The summed E-state index contributed by atoms with van der Waals surface area (Å²) in [6, 6.07) is 19.9. The monoisotopic (exact) mass is 335 g/mol.